The molecular weight excluding hydrogens is 326 g/mol. The molecule has 0 aromatic rings. The van der Waals surface area contributed by atoms with Crippen molar-refractivity contribution in [1.29, 1.82) is 0 Å². The van der Waals surface area contributed by atoms with Crippen LogP contribution in [0.1, 0.15) is 26.2 Å². The summed E-state index contributed by atoms with van der Waals surface area (Å²) in [5, 5.41) is 11.6. The van der Waals surface area contributed by atoms with Crippen molar-refractivity contribution in [3.05, 3.63) is 0 Å². The summed E-state index contributed by atoms with van der Waals surface area (Å²) in [4.78, 5) is 49.9. The topological polar surface area (TPSA) is 107 Å². The second-order valence-electron chi connectivity index (χ2n) is 6.46. The summed E-state index contributed by atoms with van der Waals surface area (Å²) in [6.07, 6.45) is 2.20. The van der Waals surface area contributed by atoms with Gasteiger partial charge in [-0.25, -0.2) is 4.79 Å². The number of carbonyl (C=O) groups excluding carboxylic acids is 3. The SMILES string of the molecule is CC1(C2CC2)NC(=O)N(CC(=O)N2CCC(C(=O)O)C2)C1=O.Cl. The van der Waals surface area contributed by atoms with Crippen LogP contribution >= 0.6 is 12.4 Å². The minimum Gasteiger partial charge on any atom is -0.481 e. The maximum Gasteiger partial charge on any atom is 0.325 e. The van der Waals surface area contributed by atoms with E-state index in [1.807, 2.05) is 0 Å². The van der Waals surface area contributed by atoms with Gasteiger partial charge in [0.1, 0.15) is 12.1 Å². The summed E-state index contributed by atoms with van der Waals surface area (Å²) in [6, 6.07) is -0.540. The van der Waals surface area contributed by atoms with Crippen molar-refractivity contribution in [1.82, 2.24) is 15.1 Å². The van der Waals surface area contributed by atoms with Crippen LogP contribution in [0.2, 0.25) is 0 Å². The van der Waals surface area contributed by atoms with Crippen molar-refractivity contribution in [3.63, 3.8) is 0 Å². The van der Waals surface area contributed by atoms with E-state index in [-0.39, 0.29) is 43.2 Å². The van der Waals surface area contributed by atoms with E-state index in [0.29, 0.717) is 13.0 Å². The fourth-order valence-corrected chi connectivity index (χ4v) is 3.22. The van der Waals surface area contributed by atoms with Crippen LogP contribution in [0.25, 0.3) is 0 Å². The zero-order valence-corrected chi connectivity index (χ0v) is 13.6. The van der Waals surface area contributed by atoms with Gasteiger partial charge >= 0.3 is 12.0 Å². The third kappa shape index (κ3) is 2.99. The van der Waals surface area contributed by atoms with Crippen LogP contribution in [-0.2, 0) is 14.4 Å². The van der Waals surface area contributed by atoms with E-state index in [0.717, 1.165) is 17.7 Å². The summed E-state index contributed by atoms with van der Waals surface area (Å²) in [7, 11) is 0. The van der Waals surface area contributed by atoms with Gasteiger partial charge in [0.2, 0.25) is 5.91 Å². The Morgan fingerprint density at radius 1 is 1.30 bits per heavy atom. The van der Waals surface area contributed by atoms with Crippen molar-refractivity contribution < 1.29 is 24.3 Å². The predicted octanol–water partition coefficient (Wildman–Crippen LogP) is 0.0618. The smallest absolute Gasteiger partial charge is 0.325 e. The molecule has 0 spiro atoms. The van der Waals surface area contributed by atoms with Crippen LogP contribution in [0.4, 0.5) is 4.79 Å². The van der Waals surface area contributed by atoms with Crippen molar-refractivity contribution in [2.45, 2.75) is 31.7 Å². The zero-order valence-electron chi connectivity index (χ0n) is 12.8. The van der Waals surface area contributed by atoms with Crippen molar-refractivity contribution >= 4 is 36.2 Å². The fraction of sp³-hybridized carbons (Fsp3) is 0.714. The molecule has 0 aromatic heterocycles. The fourth-order valence-electron chi connectivity index (χ4n) is 3.22. The Morgan fingerprint density at radius 2 is 1.96 bits per heavy atom. The number of carbonyl (C=O) groups is 4. The van der Waals surface area contributed by atoms with E-state index in [2.05, 4.69) is 5.32 Å². The van der Waals surface area contributed by atoms with E-state index in [9.17, 15) is 19.2 Å². The van der Waals surface area contributed by atoms with Crippen molar-refractivity contribution in [3.8, 4) is 0 Å². The summed E-state index contributed by atoms with van der Waals surface area (Å²) in [6.45, 7) is 1.86. The highest BCUT2D eigenvalue weighted by Crippen LogP contribution is 2.42. The van der Waals surface area contributed by atoms with Gasteiger partial charge in [-0.3, -0.25) is 19.3 Å². The van der Waals surface area contributed by atoms with Crippen LogP contribution in [-0.4, -0.2) is 63.9 Å². The number of hydrogen-bond acceptors (Lipinski definition) is 4. The maximum absolute atomic E-state index is 12.4. The molecule has 8 nitrogen and oxygen atoms in total. The molecule has 3 fully saturated rings. The summed E-state index contributed by atoms with van der Waals surface area (Å²) in [5.41, 5.74) is -0.897. The summed E-state index contributed by atoms with van der Waals surface area (Å²) < 4.78 is 0. The molecule has 4 amide bonds. The Labute approximate surface area is 139 Å². The number of likely N-dealkylation sites (tertiary alicyclic amines) is 1. The van der Waals surface area contributed by atoms with E-state index in [1.165, 1.54) is 4.90 Å². The van der Waals surface area contributed by atoms with Gasteiger partial charge in [0, 0.05) is 13.1 Å². The molecule has 0 bridgehead atoms. The number of amides is 4. The average Bonchev–Trinajstić information content (AvgIpc) is 3.15. The molecule has 128 valence electrons. The first-order chi connectivity index (χ1) is 10.3. The highest BCUT2D eigenvalue weighted by molar-refractivity contribution is 6.09. The lowest BCUT2D eigenvalue weighted by Gasteiger charge is -2.22. The van der Waals surface area contributed by atoms with Gasteiger partial charge in [0.05, 0.1) is 5.92 Å². The molecule has 1 aliphatic carbocycles. The molecule has 3 rings (SSSR count). The minimum atomic E-state index is -0.924. The third-order valence-corrected chi connectivity index (χ3v) is 4.88. The molecular formula is C14H20ClN3O5. The molecule has 0 aromatic carbocycles. The molecule has 3 aliphatic rings. The molecule has 9 heteroatoms. The first-order valence-electron chi connectivity index (χ1n) is 7.47. The van der Waals surface area contributed by atoms with E-state index < -0.39 is 23.5 Å². The Hall–Kier alpha value is -1.83. The quantitative estimate of drug-likeness (QED) is 0.701. The highest BCUT2D eigenvalue weighted by atomic mass is 35.5. The number of carboxylic acids is 1. The molecule has 1 saturated carbocycles. The number of hydrogen-bond donors (Lipinski definition) is 2. The molecule has 0 radical (unpaired) electrons. The molecule has 2 atom stereocenters. The Balaban J connectivity index is 0.00000192. The van der Waals surface area contributed by atoms with Gasteiger partial charge in [0.25, 0.3) is 5.91 Å². The third-order valence-electron chi connectivity index (χ3n) is 4.88. The number of nitrogens with one attached hydrogen (secondary N) is 1. The standard InChI is InChI=1S/C14H19N3O5.ClH/c1-14(9-2-3-9)12(21)17(13(22)15-14)7-10(18)16-5-4-8(6-16)11(19)20;/h8-9H,2-7H2,1H3,(H,15,22)(H,19,20);1H. The van der Waals surface area contributed by atoms with Crippen LogP contribution in [0, 0.1) is 11.8 Å². The van der Waals surface area contributed by atoms with Crippen LogP contribution in [0.3, 0.4) is 0 Å². The first kappa shape index (κ1) is 17.5. The molecule has 2 unspecified atom stereocenters. The number of halogens is 1. The molecule has 2 saturated heterocycles. The Morgan fingerprint density at radius 3 is 2.48 bits per heavy atom. The lowest BCUT2D eigenvalue weighted by atomic mass is 9.96. The van der Waals surface area contributed by atoms with Gasteiger partial charge in [-0.15, -0.1) is 12.4 Å². The number of carboxylic acid groups (broad SMARTS) is 1. The number of urea groups is 1. The summed E-state index contributed by atoms with van der Waals surface area (Å²) >= 11 is 0. The van der Waals surface area contributed by atoms with Gasteiger partial charge in [0.15, 0.2) is 0 Å². The van der Waals surface area contributed by atoms with Crippen LogP contribution < -0.4 is 5.32 Å². The average molecular weight is 346 g/mol. The molecule has 2 N–H and O–H groups in total. The number of imide groups is 1. The lowest BCUT2D eigenvalue weighted by molar-refractivity contribution is -0.142. The Kier molecular flexibility index (Phi) is 4.57. The van der Waals surface area contributed by atoms with Crippen molar-refractivity contribution in [2.24, 2.45) is 11.8 Å². The Bertz CT molecular complexity index is 565. The molecule has 23 heavy (non-hydrogen) atoms. The number of rotatable bonds is 4. The largest absolute Gasteiger partial charge is 0.481 e. The van der Waals surface area contributed by atoms with Crippen molar-refractivity contribution in [2.75, 3.05) is 19.6 Å². The number of aliphatic carboxylic acids is 1. The van der Waals surface area contributed by atoms with Gasteiger partial charge in [-0.2, -0.15) is 0 Å². The predicted molar refractivity (Wildman–Crippen MR) is 80.9 cm³/mol. The van der Waals surface area contributed by atoms with Crippen LogP contribution in [0.5, 0.6) is 0 Å². The number of nitrogens with zero attached hydrogens (tertiary/aromatic N) is 2. The minimum absolute atomic E-state index is 0. The van der Waals surface area contributed by atoms with Crippen LogP contribution in [0.15, 0.2) is 0 Å². The monoisotopic (exact) mass is 345 g/mol. The second-order valence-corrected chi connectivity index (χ2v) is 6.46. The molecule has 2 heterocycles. The molecule has 2 aliphatic heterocycles. The highest BCUT2D eigenvalue weighted by Gasteiger charge is 2.56. The second kappa shape index (κ2) is 5.99. The van der Waals surface area contributed by atoms with Gasteiger partial charge < -0.3 is 15.3 Å². The normalized spacial score (nSPS) is 30.2. The maximum atomic E-state index is 12.4. The summed E-state index contributed by atoms with van der Waals surface area (Å²) in [5.74, 6) is -2.09. The van der Waals surface area contributed by atoms with Gasteiger partial charge in [-0.05, 0) is 32.1 Å². The lowest BCUT2D eigenvalue weighted by Crippen LogP contribution is -2.47. The van der Waals surface area contributed by atoms with E-state index >= 15 is 0 Å². The zero-order chi connectivity index (χ0) is 16.1. The van der Waals surface area contributed by atoms with E-state index in [1.54, 1.807) is 6.92 Å². The van der Waals surface area contributed by atoms with Gasteiger partial charge in [-0.1, -0.05) is 0 Å². The first-order valence-corrected chi connectivity index (χ1v) is 7.47. The van der Waals surface area contributed by atoms with E-state index in [4.69, 9.17) is 5.11 Å².